The highest BCUT2D eigenvalue weighted by molar-refractivity contribution is 6.30. The Bertz CT molecular complexity index is 341. The van der Waals surface area contributed by atoms with Gasteiger partial charge in [0.05, 0.1) is 5.41 Å². The van der Waals surface area contributed by atoms with Gasteiger partial charge in [0.15, 0.2) is 0 Å². The fourth-order valence-corrected chi connectivity index (χ4v) is 1.02. The first-order chi connectivity index (χ1) is 6.95. The molecule has 0 aliphatic carbocycles. The fourth-order valence-electron chi connectivity index (χ4n) is 0.892. The zero-order chi connectivity index (χ0) is 11.5. The van der Waals surface area contributed by atoms with Gasteiger partial charge in [-0.15, -0.1) is 0 Å². The Morgan fingerprint density at radius 1 is 1.33 bits per heavy atom. The molecule has 0 heterocycles. The van der Waals surface area contributed by atoms with E-state index in [1.807, 2.05) is 20.8 Å². The van der Waals surface area contributed by atoms with Crippen LogP contribution in [0.1, 0.15) is 27.2 Å². The molecule has 0 aromatic heterocycles. The lowest BCUT2D eigenvalue weighted by atomic mass is 9.91. The van der Waals surface area contributed by atoms with Crippen LogP contribution in [0.3, 0.4) is 0 Å². The lowest BCUT2D eigenvalue weighted by Gasteiger charge is -2.19. The largest absolute Gasteiger partial charge is 0.426 e. The van der Waals surface area contributed by atoms with Crippen molar-refractivity contribution in [1.82, 2.24) is 0 Å². The van der Waals surface area contributed by atoms with Gasteiger partial charge in [-0.25, -0.2) is 0 Å². The minimum atomic E-state index is -0.445. The Morgan fingerprint density at radius 3 is 2.33 bits per heavy atom. The number of carbonyl (C=O) groups is 1. The molecule has 15 heavy (non-hydrogen) atoms. The number of ether oxygens (including phenoxy) is 1. The summed E-state index contributed by atoms with van der Waals surface area (Å²) in [5, 5.41) is 0.629. The Kier molecular flexibility index (Phi) is 3.75. The molecule has 0 unspecified atom stereocenters. The van der Waals surface area contributed by atoms with E-state index >= 15 is 0 Å². The molecule has 0 fully saturated rings. The van der Waals surface area contributed by atoms with Crippen LogP contribution >= 0.6 is 11.6 Å². The summed E-state index contributed by atoms with van der Waals surface area (Å²) >= 11 is 5.72. The molecule has 0 saturated carbocycles. The molecule has 0 N–H and O–H groups in total. The zero-order valence-corrected chi connectivity index (χ0v) is 9.97. The maximum atomic E-state index is 11.7. The Hall–Kier alpha value is -1.02. The van der Waals surface area contributed by atoms with E-state index in [4.69, 9.17) is 16.3 Å². The van der Waals surface area contributed by atoms with Crippen LogP contribution in [-0.2, 0) is 4.79 Å². The van der Waals surface area contributed by atoms with E-state index in [1.54, 1.807) is 24.3 Å². The number of carbonyl (C=O) groups excluding carboxylic acids is 1. The molecule has 0 radical (unpaired) electrons. The lowest BCUT2D eigenvalue weighted by Crippen LogP contribution is -2.28. The number of esters is 1. The van der Waals surface area contributed by atoms with E-state index < -0.39 is 5.41 Å². The molecule has 0 atom stereocenters. The van der Waals surface area contributed by atoms with Crippen molar-refractivity contribution in [3.8, 4) is 5.75 Å². The molecule has 0 saturated heterocycles. The van der Waals surface area contributed by atoms with Crippen molar-refractivity contribution in [2.45, 2.75) is 27.2 Å². The average Bonchev–Trinajstić information content (AvgIpc) is 2.21. The number of halogens is 1. The molecule has 0 aliphatic rings. The highest BCUT2D eigenvalue weighted by Gasteiger charge is 2.27. The molecule has 3 heteroatoms. The van der Waals surface area contributed by atoms with Crippen molar-refractivity contribution in [1.29, 1.82) is 0 Å². The Labute approximate surface area is 95.2 Å². The molecule has 0 aliphatic heterocycles. The quantitative estimate of drug-likeness (QED) is 0.581. The maximum Gasteiger partial charge on any atom is 0.316 e. The highest BCUT2D eigenvalue weighted by atomic mass is 35.5. The first kappa shape index (κ1) is 12.1. The van der Waals surface area contributed by atoms with Gasteiger partial charge < -0.3 is 4.74 Å². The van der Waals surface area contributed by atoms with Gasteiger partial charge in [-0.05, 0) is 44.5 Å². The molecule has 1 rings (SSSR count). The lowest BCUT2D eigenvalue weighted by molar-refractivity contribution is -0.144. The summed E-state index contributed by atoms with van der Waals surface area (Å²) in [6.07, 6.45) is 0.749. The van der Waals surface area contributed by atoms with E-state index in [2.05, 4.69) is 0 Å². The number of rotatable bonds is 3. The van der Waals surface area contributed by atoms with Gasteiger partial charge in [-0.1, -0.05) is 18.5 Å². The number of hydrogen-bond donors (Lipinski definition) is 0. The molecular formula is C12H15ClO2. The summed E-state index contributed by atoms with van der Waals surface area (Å²) in [7, 11) is 0. The topological polar surface area (TPSA) is 26.3 Å². The van der Waals surface area contributed by atoms with Crippen LogP contribution in [0.2, 0.25) is 5.02 Å². The second kappa shape index (κ2) is 4.67. The van der Waals surface area contributed by atoms with E-state index in [9.17, 15) is 4.79 Å². The van der Waals surface area contributed by atoms with Crippen LogP contribution in [0, 0.1) is 5.41 Å². The van der Waals surface area contributed by atoms with Gasteiger partial charge in [-0.3, -0.25) is 4.79 Å². The molecule has 1 aromatic carbocycles. The van der Waals surface area contributed by atoms with Gasteiger partial charge in [-0.2, -0.15) is 0 Å². The SMILES string of the molecule is CCC(C)(C)C(=O)Oc1ccc(Cl)cc1. The van der Waals surface area contributed by atoms with E-state index in [1.165, 1.54) is 0 Å². The summed E-state index contributed by atoms with van der Waals surface area (Å²) in [6.45, 7) is 5.69. The Balaban J connectivity index is 2.71. The molecule has 0 amide bonds. The second-order valence-corrected chi connectivity index (χ2v) is 4.52. The van der Waals surface area contributed by atoms with E-state index in [0.29, 0.717) is 10.8 Å². The van der Waals surface area contributed by atoms with Gasteiger partial charge >= 0.3 is 5.97 Å². The summed E-state index contributed by atoms with van der Waals surface area (Å²) in [6, 6.07) is 6.77. The fraction of sp³-hybridized carbons (Fsp3) is 0.417. The standard InChI is InChI=1S/C12H15ClO2/c1-4-12(2,3)11(14)15-10-7-5-9(13)6-8-10/h5-8H,4H2,1-3H3. The smallest absolute Gasteiger partial charge is 0.316 e. The zero-order valence-electron chi connectivity index (χ0n) is 9.21. The summed E-state index contributed by atoms with van der Waals surface area (Å²) < 4.78 is 5.23. The summed E-state index contributed by atoms with van der Waals surface area (Å²) in [4.78, 5) is 11.7. The van der Waals surface area contributed by atoms with Crippen molar-refractivity contribution < 1.29 is 9.53 Å². The number of hydrogen-bond acceptors (Lipinski definition) is 2. The third kappa shape index (κ3) is 3.24. The van der Waals surface area contributed by atoms with Crippen LogP contribution in [0.4, 0.5) is 0 Å². The maximum absolute atomic E-state index is 11.7. The third-order valence-electron chi connectivity index (χ3n) is 2.46. The average molecular weight is 227 g/mol. The minimum absolute atomic E-state index is 0.215. The normalized spacial score (nSPS) is 11.2. The van der Waals surface area contributed by atoms with Gasteiger partial charge in [0.2, 0.25) is 0 Å². The summed E-state index contributed by atoms with van der Waals surface area (Å²) in [5.74, 6) is 0.318. The summed E-state index contributed by atoms with van der Waals surface area (Å²) in [5.41, 5.74) is -0.445. The molecule has 82 valence electrons. The molecular weight excluding hydrogens is 212 g/mol. The van der Waals surface area contributed by atoms with Crippen LogP contribution in [0.5, 0.6) is 5.75 Å². The van der Waals surface area contributed by atoms with Gasteiger partial charge in [0, 0.05) is 5.02 Å². The van der Waals surface area contributed by atoms with E-state index in [-0.39, 0.29) is 5.97 Å². The van der Waals surface area contributed by atoms with Crippen molar-refractivity contribution in [3.05, 3.63) is 29.3 Å². The highest BCUT2D eigenvalue weighted by Crippen LogP contribution is 2.24. The van der Waals surface area contributed by atoms with Gasteiger partial charge in [0.1, 0.15) is 5.75 Å². The van der Waals surface area contributed by atoms with Crippen LogP contribution in [0.15, 0.2) is 24.3 Å². The van der Waals surface area contributed by atoms with Crippen LogP contribution in [-0.4, -0.2) is 5.97 Å². The molecule has 0 bridgehead atoms. The van der Waals surface area contributed by atoms with E-state index in [0.717, 1.165) is 6.42 Å². The molecule has 1 aromatic rings. The predicted molar refractivity (Wildman–Crippen MR) is 61.2 cm³/mol. The monoisotopic (exact) mass is 226 g/mol. The predicted octanol–water partition coefficient (Wildman–Crippen LogP) is 3.68. The van der Waals surface area contributed by atoms with Crippen molar-refractivity contribution in [3.63, 3.8) is 0 Å². The van der Waals surface area contributed by atoms with Crippen LogP contribution in [0.25, 0.3) is 0 Å². The second-order valence-electron chi connectivity index (χ2n) is 4.08. The third-order valence-corrected chi connectivity index (χ3v) is 2.71. The first-order valence-corrected chi connectivity index (χ1v) is 5.31. The number of benzene rings is 1. The first-order valence-electron chi connectivity index (χ1n) is 4.93. The van der Waals surface area contributed by atoms with Crippen molar-refractivity contribution >= 4 is 17.6 Å². The van der Waals surface area contributed by atoms with Crippen molar-refractivity contribution in [2.75, 3.05) is 0 Å². The van der Waals surface area contributed by atoms with Gasteiger partial charge in [0.25, 0.3) is 0 Å². The van der Waals surface area contributed by atoms with Crippen molar-refractivity contribution in [2.24, 2.45) is 5.41 Å². The minimum Gasteiger partial charge on any atom is -0.426 e. The Morgan fingerprint density at radius 2 is 1.87 bits per heavy atom. The molecule has 0 spiro atoms. The molecule has 2 nitrogen and oxygen atoms in total. The van der Waals surface area contributed by atoms with Crippen LogP contribution < -0.4 is 4.74 Å².